The summed E-state index contributed by atoms with van der Waals surface area (Å²) in [6.07, 6.45) is 0.895. The molecule has 22 heavy (non-hydrogen) atoms. The molecular formula is C16H21N5O. The second-order valence-corrected chi connectivity index (χ2v) is 5.12. The fourth-order valence-electron chi connectivity index (χ4n) is 1.97. The van der Waals surface area contributed by atoms with Gasteiger partial charge in [0, 0.05) is 33.4 Å². The van der Waals surface area contributed by atoms with Gasteiger partial charge < -0.3 is 15.5 Å². The molecule has 2 aromatic rings. The lowest BCUT2D eigenvalue weighted by atomic mass is 10.1. The van der Waals surface area contributed by atoms with Crippen LogP contribution in [-0.4, -0.2) is 43.8 Å². The molecular weight excluding hydrogens is 278 g/mol. The molecule has 0 unspecified atom stereocenters. The fourth-order valence-corrected chi connectivity index (χ4v) is 1.97. The number of benzene rings is 1. The van der Waals surface area contributed by atoms with Gasteiger partial charge >= 0.3 is 0 Å². The lowest BCUT2D eigenvalue weighted by molar-refractivity contribution is 0.0957. The van der Waals surface area contributed by atoms with Crippen LogP contribution in [0.3, 0.4) is 0 Å². The van der Waals surface area contributed by atoms with Crippen molar-refractivity contribution in [1.29, 1.82) is 0 Å². The summed E-state index contributed by atoms with van der Waals surface area (Å²) in [6, 6.07) is 11.9. The number of hydrogen-bond donors (Lipinski definition) is 2. The van der Waals surface area contributed by atoms with Crippen molar-refractivity contribution in [3.63, 3.8) is 0 Å². The third kappa shape index (κ3) is 4.18. The molecule has 0 aliphatic carbocycles. The predicted molar refractivity (Wildman–Crippen MR) is 88.4 cm³/mol. The quantitative estimate of drug-likeness (QED) is 0.847. The van der Waals surface area contributed by atoms with Gasteiger partial charge in [0.25, 0.3) is 5.91 Å². The molecule has 6 nitrogen and oxygen atoms in total. The van der Waals surface area contributed by atoms with E-state index in [1.807, 2.05) is 14.1 Å². The zero-order valence-electron chi connectivity index (χ0n) is 13.1. The van der Waals surface area contributed by atoms with E-state index in [2.05, 4.69) is 50.0 Å². The summed E-state index contributed by atoms with van der Waals surface area (Å²) in [5, 5.41) is 13.6. The van der Waals surface area contributed by atoms with Crippen LogP contribution in [0.25, 0.3) is 0 Å². The Morgan fingerprint density at radius 3 is 2.36 bits per heavy atom. The van der Waals surface area contributed by atoms with Crippen LogP contribution in [0.2, 0.25) is 0 Å². The van der Waals surface area contributed by atoms with Gasteiger partial charge in [0.15, 0.2) is 5.69 Å². The van der Waals surface area contributed by atoms with Gasteiger partial charge in [-0.25, -0.2) is 0 Å². The van der Waals surface area contributed by atoms with E-state index in [4.69, 9.17) is 0 Å². The summed E-state index contributed by atoms with van der Waals surface area (Å²) >= 11 is 0. The number of carbonyl (C=O) groups is 1. The normalized spacial score (nSPS) is 10.1. The Morgan fingerprint density at radius 2 is 1.82 bits per heavy atom. The monoisotopic (exact) mass is 299 g/mol. The van der Waals surface area contributed by atoms with Crippen LogP contribution in [-0.2, 0) is 6.42 Å². The predicted octanol–water partition coefficient (Wildman–Crippen LogP) is 1.56. The highest BCUT2D eigenvalue weighted by Crippen LogP contribution is 2.12. The third-order valence-electron chi connectivity index (χ3n) is 3.30. The van der Waals surface area contributed by atoms with Gasteiger partial charge in [-0.3, -0.25) is 4.79 Å². The molecule has 2 rings (SSSR count). The Morgan fingerprint density at radius 1 is 1.09 bits per heavy atom. The van der Waals surface area contributed by atoms with Crippen LogP contribution in [0.4, 0.5) is 11.5 Å². The molecule has 0 saturated heterocycles. The van der Waals surface area contributed by atoms with Gasteiger partial charge in [0.2, 0.25) is 0 Å². The topological polar surface area (TPSA) is 70.2 Å². The Hall–Kier alpha value is -2.63. The maximum absolute atomic E-state index is 11.4. The summed E-state index contributed by atoms with van der Waals surface area (Å²) in [6.45, 7) is 0.759. The molecule has 1 aromatic heterocycles. The summed E-state index contributed by atoms with van der Waals surface area (Å²) in [7, 11) is 5.62. The van der Waals surface area contributed by atoms with Gasteiger partial charge in [-0.1, -0.05) is 12.1 Å². The van der Waals surface area contributed by atoms with Gasteiger partial charge in [0.05, 0.1) is 0 Å². The molecule has 0 radical (unpaired) electrons. The highest BCUT2D eigenvalue weighted by molar-refractivity contribution is 5.91. The Labute approximate surface area is 130 Å². The molecule has 1 amide bonds. The van der Waals surface area contributed by atoms with Crippen molar-refractivity contribution in [3.05, 3.63) is 47.7 Å². The van der Waals surface area contributed by atoms with E-state index < -0.39 is 0 Å². The number of hydrogen-bond acceptors (Lipinski definition) is 5. The molecule has 1 aromatic carbocycles. The molecule has 2 N–H and O–H groups in total. The van der Waals surface area contributed by atoms with E-state index in [0.29, 0.717) is 11.5 Å². The number of rotatable bonds is 6. The maximum atomic E-state index is 11.4. The van der Waals surface area contributed by atoms with E-state index in [9.17, 15) is 4.79 Å². The second-order valence-electron chi connectivity index (χ2n) is 5.12. The summed E-state index contributed by atoms with van der Waals surface area (Å²) in [5.74, 6) is 0.428. The minimum absolute atomic E-state index is 0.236. The average Bonchev–Trinajstić information content (AvgIpc) is 2.55. The Bertz CT molecular complexity index is 607. The molecule has 0 saturated carbocycles. The van der Waals surface area contributed by atoms with Crippen molar-refractivity contribution in [2.45, 2.75) is 6.42 Å². The largest absolute Gasteiger partial charge is 0.378 e. The van der Waals surface area contributed by atoms with E-state index in [1.54, 1.807) is 19.2 Å². The molecule has 0 fully saturated rings. The highest BCUT2D eigenvalue weighted by Gasteiger charge is 2.05. The molecule has 0 bridgehead atoms. The molecule has 0 atom stereocenters. The first-order valence-corrected chi connectivity index (χ1v) is 7.16. The van der Waals surface area contributed by atoms with E-state index in [-0.39, 0.29) is 5.91 Å². The van der Waals surface area contributed by atoms with Crippen LogP contribution in [0.15, 0.2) is 36.4 Å². The van der Waals surface area contributed by atoms with Crippen molar-refractivity contribution in [1.82, 2.24) is 15.5 Å². The maximum Gasteiger partial charge on any atom is 0.271 e. The summed E-state index contributed by atoms with van der Waals surface area (Å²) in [4.78, 5) is 13.4. The van der Waals surface area contributed by atoms with Crippen LogP contribution in [0, 0.1) is 0 Å². The van der Waals surface area contributed by atoms with E-state index in [0.717, 1.165) is 13.0 Å². The third-order valence-corrected chi connectivity index (χ3v) is 3.30. The number of nitrogens with zero attached hydrogens (tertiary/aromatic N) is 3. The number of amides is 1. The van der Waals surface area contributed by atoms with Gasteiger partial charge in [-0.15, -0.1) is 10.2 Å². The summed E-state index contributed by atoms with van der Waals surface area (Å²) in [5.41, 5.74) is 2.76. The number of anilines is 2. The number of carbonyl (C=O) groups excluding carboxylic acids is 1. The zero-order chi connectivity index (χ0) is 15.9. The molecule has 0 aliphatic rings. The minimum atomic E-state index is -0.236. The van der Waals surface area contributed by atoms with Crippen molar-refractivity contribution < 1.29 is 4.79 Å². The second kappa shape index (κ2) is 7.40. The van der Waals surface area contributed by atoms with Crippen molar-refractivity contribution in [2.24, 2.45) is 0 Å². The SMILES string of the molecule is CNC(=O)c1ccc(NCCc2ccc(N(C)C)cc2)nn1. The van der Waals surface area contributed by atoms with Gasteiger partial charge in [-0.05, 0) is 36.2 Å². The van der Waals surface area contributed by atoms with Crippen molar-refractivity contribution in [3.8, 4) is 0 Å². The Balaban J connectivity index is 1.84. The van der Waals surface area contributed by atoms with Crippen LogP contribution in [0.5, 0.6) is 0 Å². The number of aromatic nitrogens is 2. The first kappa shape index (κ1) is 15.8. The zero-order valence-corrected chi connectivity index (χ0v) is 13.1. The lowest BCUT2D eigenvalue weighted by Gasteiger charge is -2.12. The standard InChI is InChI=1S/C16H21N5O/c1-17-16(22)14-8-9-15(20-19-14)18-11-10-12-4-6-13(7-5-12)21(2)3/h4-9H,10-11H2,1-3H3,(H,17,22)(H,18,20). The van der Waals surface area contributed by atoms with Gasteiger partial charge in [0.1, 0.15) is 5.82 Å². The van der Waals surface area contributed by atoms with Crippen molar-refractivity contribution in [2.75, 3.05) is 37.9 Å². The lowest BCUT2D eigenvalue weighted by Crippen LogP contribution is -2.20. The molecule has 6 heteroatoms. The molecule has 0 spiro atoms. The fraction of sp³-hybridized carbons (Fsp3) is 0.312. The van der Waals surface area contributed by atoms with Gasteiger partial charge in [-0.2, -0.15) is 0 Å². The van der Waals surface area contributed by atoms with E-state index in [1.165, 1.54) is 11.3 Å². The minimum Gasteiger partial charge on any atom is -0.378 e. The van der Waals surface area contributed by atoms with E-state index >= 15 is 0 Å². The smallest absolute Gasteiger partial charge is 0.271 e. The molecule has 0 aliphatic heterocycles. The first-order valence-electron chi connectivity index (χ1n) is 7.16. The molecule has 116 valence electrons. The summed E-state index contributed by atoms with van der Waals surface area (Å²) < 4.78 is 0. The average molecular weight is 299 g/mol. The van der Waals surface area contributed by atoms with Crippen LogP contribution in [0.1, 0.15) is 16.1 Å². The van der Waals surface area contributed by atoms with Crippen LogP contribution < -0.4 is 15.5 Å². The number of nitrogens with one attached hydrogen (secondary N) is 2. The Kier molecular flexibility index (Phi) is 5.30. The van der Waals surface area contributed by atoms with Crippen molar-refractivity contribution >= 4 is 17.4 Å². The molecule has 1 heterocycles. The highest BCUT2D eigenvalue weighted by atomic mass is 16.1. The van der Waals surface area contributed by atoms with Crippen LogP contribution >= 0.6 is 0 Å². The first-order chi connectivity index (χ1) is 10.6.